The number of carbonyl (C=O) groups excluding carboxylic acids is 1. The van der Waals surface area contributed by atoms with E-state index in [1.54, 1.807) is 36.2 Å². The Hall–Kier alpha value is -2.80. The SMILES string of the molecule is Cc1ccc(C(C)N(C)C(=O)COc2ccc(C#N)cc2)cc1. The van der Waals surface area contributed by atoms with Crippen molar-refractivity contribution >= 4 is 5.91 Å². The number of hydrogen-bond donors (Lipinski definition) is 0. The molecule has 0 radical (unpaired) electrons. The summed E-state index contributed by atoms with van der Waals surface area (Å²) in [4.78, 5) is 13.9. The summed E-state index contributed by atoms with van der Waals surface area (Å²) in [5, 5.41) is 8.75. The molecule has 4 heteroatoms. The molecule has 2 rings (SSSR count). The lowest BCUT2D eigenvalue weighted by atomic mass is 10.1. The summed E-state index contributed by atoms with van der Waals surface area (Å²) in [7, 11) is 1.77. The van der Waals surface area contributed by atoms with Gasteiger partial charge < -0.3 is 9.64 Å². The van der Waals surface area contributed by atoms with Gasteiger partial charge in [0, 0.05) is 7.05 Å². The van der Waals surface area contributed by atoms with Crippen LogP contribution in [0.4, 0.5) is 0 Å². The smallest absolute Gasteiger partial charge is 0.260 e. The summed E-state index contributed by atoms with van der Waals surface area (Å²) in [6.07, 6.45) is 0. The molecule has 1 amide bonds. The summed E-state index contributed by atoms with van der Waals surface area (Å²) in [6, 6.07) is 16.9. The van der Waals surface area contributed by atoms with E-state index in [9.17, 15) is 4.79 Å². The predicted molar refractivity (Wildman–Crippen MR) is 89.0 cm³/mol. The highest BCUT2D eigenvalue weighted by atomic mass is 16.5. The number of carbonyl (C=O) groups is 1. The van der Waals surface area contributed by atoms with Crippen LogP contribution in [-0.2, 0) is 4.79 Å². The second-order valence-corrected chi connectivity index (χ2v) is 5.52. The summed E-state index contributed by atoms with van der Waals surface area (Å²) in [6.45, 7) is 4.00. The Morgan fingerprint density at radius 3 is 2.35 bits per heavy atom. The van der Waals surface area contributed by atoms with Crippen LogP contribution < -0.4 is 4.74 Å². The van der Waals surface area contributed by atoms with Gasteiger partial charge in [0.2, 0.25) is 0 Å². The lowest BCUT2D eigenvalue weighted by molar-refractivity contribution is -0.134. The average Bonchev–Trinajstić information content (AvgIpc) is 2.59. The van der Waals surface area contributed by atoms with Crippen molar-refractivity contribution in [2.24, 2.45) is 0 Å². The van der Waals surface area contributed by atoms with E-state index in [1.165, 1.54) is 5.56 Å². The maximum absolute atomic E-state index is 12.3. The van der Waals surface area contributed by atoms with Crippen LogP contribution in [0, 0.1) is 18.3 Å². The lowest BCUT2D eigenvalue weighted by Gasteiger charge is -2.25. The molecule has 0 aliphatic heterocycles. The third-order valence-corrected chi connectivity index (χ3v) is 3.88. The number of likely N-dealkylation sites (N-methyl/N-ethyl adjacent to an activating group) is 1. The summed E-state index contributed by atoms with van der Waals surface area (Å²) in [5.41, 5.74) is 2.85. The quantitative estimate of drug-likeness (QED) is 0.850. The predicted octanol–water partition coefficient (Wildman–Crippen LogP) is 3.47. The first-order valence-electron chi connectivity index (χ1n) is 7.46. The lowest BCUT2D eigenvalue weighted by Crippen LogP contribution is -2.33. The third-order valence-electron chi connectivity index (χ3n) is 3.88. The highest BCUT2D eigenvalue weighted by Gasteiger charge is 2.17. The zero-order valence-electron chi connectivity index (χ0n) is 13.6. The van der Waals surface area contributed by atoms with Crippen LogP contribution in [0.2, 0.25) is 0 Å². The van der Waals surface area contributed by atoms with E-state index in [-0.39, 0.29) is 18.6 Å². The monoisotopic (exact) mass is 308 g/mol. The zero-order valence-corrected chi connectivity index (χ0v) is 13.6. The Bertz CT molecular complexity index is 700. The van der Waals surface area contributed by atoms with Crippen LogP contribution in [0.15, 0.2) is 48.5 Å². The van der Waals surface area contributed by atoms with Gasteiger partial charge in [0.15, 0.2) is 6.61 Å². The van der Waals surface area contributed by atoms with Crippen molar-refractivity contribution in [1.29, 1.82) is 5.26 Å². The molecule has 0 aliphatic rings. The minimum Gasteiger partial charge on any atom is -0.484 e. The maximum Gasteiger partial charge on any atom is 0.260 e. The standard InChI is InChI=1S/C19H20N2O2/c1-14-4-8-17(9-5-14)15(2)21(3)19(22)13-23-18-10-6-16(12-20)7-11-18/h4-11,15H,13H2,1-3H3. The number of hydrogen-bond acceptors (Lipinski definition) is 3. The minimum atomic E-state index is -0.0950. The molecular formula is C19H20N2O2. The molecule has 0 saturated heterocycles. The first-order valence-corrected chi connectivity index (χ1v) is 7.46. The highest BCUT2D eigenvalue weighted by molar-refractivity contribution is 5.78. The van der Waals surface area contributed by atoms with E-state index in [0.717, 1.165) is 5.56 Å². The summed E-state index contributed by atoms with van der Waals surface area (Å²) >= 11 is 0. The Kier molecular flexibility index (Phi) is 5.37. The number of nitrogens with zero attached hydrogens (tertiary/aromatic N) is 2. The molecule has 0 bridgehead atoms. The van der Waals surface area contributed by atoms with Crippen LogP contribution in [0.5, 0.6) is 5.75 Å². The van der Waals surface area contributed by atoms with Crippen molar-refractivity contribution < 1.29 is 9.53 Å². The number of rotatable bonds is 5. The highest BCUT2D eigenvalue weighted by Crippen LogP contribution is 2.19. The maximum atomic E-state index is 12.3. The molecule has 1 unspecified atom stereocenters. The molecule has 0 aromatic heterocycles. The van der Waals surface area contributed by atoms with Crippen molar-refractivity contribution in [3.63, 3.8) is 0 Å². The Morgan fingerprint density at radius 1 is 1.17 bits per heavy atom. The van der Waals surface area contributed by atoms with Gasteiger partial charge in [-0.15, -0.1) is 0 Å². The van der Waals surface area contributed by atoms with Crippen molar-refractivity contribution in [1.82, 2.24) is 4.90 Å². The van der Waals surface area contributed by atoms with E-state index in [2.05, 4.69) is 0 Å². The van der Waals surface area contributed by atoms with E-state index in [4.69, 9.17) is 10.00 Å². The van der Waals surface area contributed by atoms with Crippen LogP contribution in [0.1, 0.15) is 29.7 Å². The Balaban J connectivity index is 1.93. The average molecular weight is 308 g/mol. The van der Waals surface area contributed by atoms with E-state index >= 15 is 0 Å². The molecule has 2 aromatic carbocycles. The molecule has 0 aliphatic carbocycles. The molecule has 0 spiro atoms. The second kappa shape index (κ2) is 7.46. The fourth-order valence-corrected chi connectivity index (χ4v) is 2.16. The van der Waals surface area contributed by atoms with Gasteiger partial charge in [0.05, 0.1) is 17.7 Å². The summed E-state index contributed by atoms with van der Waals surface area (Å²) < 4.78 is 5.49. The van der Waals surface area contributed by atoms with Crippen molar-refractivity contribution in [3.05, 3.63) is 65.2 Å². The first-order chi connectivity index (χ1) is 11.0. The number of benzene rings is 2. The molecule has 23 heavy (non-hydrogen) atoms. The van der Waals surface area contributed by atoms with Crippen molar-refractivity contribution in [2.45, 2.75) is 19.9 Å². The van der Waals surface area contributed by atoms with Crippen LogP contribution in [-0.4, -0.2) is 24.5 Å². The van der Waals surface area contributed by atoms with E-state index in [1.807, 2.05) is 44.2 Å². The normalized spacial score (nSPS) is 11.4. The molecule has 0 N–H and O–H groups in total. The zero-order chi connectivity index (χ0) is 16.8. The van der Waals surface area contributed by atoms with E-state index < -0.39 is 0 Å². The fourth-order valence-electron chi connectivity index (χ4n) is 2.16. The molecule has 0 fully saturated rings. The van der Waals surface area contributed by atoms with Crippen molar-refractivity contribution in [3.8, 4) is 11.8 Å². The van der Waals surface area contributed by atoms with Crippen LogP contribution in [0.25, 0.3) is 0 Å². The van der Waals surface area contributed by atoms with Gasteiger partial charge in [-0.3, -0.25) is 4.79 Å². The van der Waals surface area contributed by atoms with Crippen molar-refractivity contribution in [2.75, 3.05) is 13.7 Å². The van der Waals surface area contributed by atoms with E-state index in [0.29, 0.717) is 11.3 Å². The molecule has 4 nitrogen and oxygen atoms in total. The molecule has 0 heterocycles. The largest absolute Gasteiger partial charge is 0.484 e. The van der Waals surface area contributed by atoms with Gasteiger partial charge in [-0.25, -0.2) is 0 Å². The molecule has 118 valence electrons. The number of amides is 1. The van der Waals surface area contributed by atoms with Gasteiger partial charge >= 0.3 is 0 Å². The topological polar surface area (TPSA) is 53.3 Å². The Labute approximate surface area is 136 Å². The molecule has 1 atom stereocenters. The van der Waals surface area contributed by atoms with Gasteiger partial charge in [-0.1, -0.05) is 29.8 Å². The summed E-state index contributed by atoms with van der Waals surface area (Å²) in [5.74, 6) is 0.483. The molecule has 0 saturated carbocycles. The number of aryl methyl sites for hydroxylation is 1. The fraction of sp³-hybridized carbons (Fsp3) is 0.263. The van der Waals surface area contributed by atoms with Crippen LogP contribution >= 0.6 is 0 Å². The van der Waals surface area contributed by atoms with Gasteiger partial charge in [-0.05, 0) is 43.7 Å². The Morgan fingerprint density at radius 2 is 1.78 bits per heavy atom. The molecular weight excluding hydrogens is 288 g/mol. The number of ether oxygens (including phenoxy) is 1. The molecule has 2 aromatic rings. The van der Waals surface area contributed by atoms with Gasteiger partial charge in [0.25, 0.3) is 5.91 Å². The first kappa shape index (κ1) is 16.6. The number of nitriles is 1. The van der Waals surface area contributed by atoms with Gasteiger partial charge in [-0.2, -0.15) is 5.26 Å². The van der Waals surface area contributed by atoms with Gasteiger partial charge in [0.1, 0.15) is 5.75 Å². The van der Waals surface area contributed by atoms with Crippen LogP contribution in [0.3, 0.4) is 0 Å². The minimum absolute atomic E-state index is 0.0207. The third kappa shape index (κ3) is 4.33. The second-order valence-electron chi connectivity index (χ2n) is 5.52.